The van der Waals surface area contributed by atoms with E-state index in [4.69, 9.17) is 4.74 Å². The van der Waals surface area contributed by atoms with Gasteiger partial charge in [0.2, 0.25) is 11.8 Å². The van der Waals surface area contributed by atoms with Gasteiger partial charge in [-0.05, 0) is 41.5 Å². The van der Waals surface area contributed by atoms with Gasteiger partial charge in [-0.15, -0.1) is 0 Å². The molecule has 0 aliphatic carbocycles. The summed E-state index contributed by atoms with van der Waals surface area (Å²) >= 11 is 0. The number of carboxylic acid groups (broad SMARTS) is 2. The highest BCUT2D eigenvalue weighted by atomic mass is 19.4. The topological polar surface area (TPSA) is 133 Å². The van der Waals surface area contributed by atoms with Crippen LogP contribution in [-0.4, -0.2) is 44.4 Å². The number of halogens is 3. The van der Waals surface area contributed by atoms with E-state index in [1.165, 1.54) is 36.4 Å². The van der Waals surface area contributed by atoms with Gasteiger partial charge in [-0.25, -0.2) is 0 Å². The summed E-state index contributed by atoms with van der Waals surface area (Å²) in [7, 11) is 0. The molecule has 2 fully saturated rings. The first-order valence-corrected chi connectivity index (χ1v) is 12.5. The Kier molecular flexibility index (Phi) is 7.03. The number of nitrogens with zero attached hydrogens (tertiary/aromatic N) is 1. The normalized spacial score (nSPS) is 23.9. The summed E-state index contributed by atoms with van der Waals surface area (Å²) in [4.78, 5) is 52.6. The Morgan fingerprint density at radius 1 is 0.902 bits per heavy atom. The maximum atomic E-state index is 13.7. The van der Waals surface area contributed by atoms with Gasteiger partial charge in [-0.1, -0.05) is 48.5 Å². The third kappa shape index (κ3) is 5.13. The highest BCUT2D eigenvalue weighted by Gasteiger charge is 2.69. The van der Waals surface area contributed by atoms with Gasteiger partial charge in [0.15, 0.2) is 0 Å². The molecule has 2 amide bonds. The molecule has 9 nitrogen and oxygen atoms in total. The Hall–Kier alpha value is -4.71. The summed E-state index contributed by atoms with van der Waals surface area (Å²) in [5.74, 6) is -7.36. The molecule has 3 aromatic rings. The molecule has 3 aromatic carbocycles. The number of carboxylic acids is 2. The minimum absolute atomic E-state index is 0.0872. The molecule has 2 aliphatic rings. The van der Waals surface area contributed by atoms with Gasteiger partial charge in [0.1, 0.15) is 17.0 Å². The van der Waals surface area contributed by atoms with E-state index < -0.39 is 65.3 Å². The van der Waals surface area contributed by atoms with E-state index in [0.717, 1.165) is 17.0 Å². The number of nitrogens with one attached hydrogen (secondary N) is 1. The van der Waals surface area contributed by atoms with Crippen LogP contribution in [0.15, 0.2) is 78.9 Å². The third-order valence-corrected chi connectivity index (χ3v) is 7.35. The van der Waals surface area contributed by atoms with E-state index in [9.17, 15) is 42.6 Å². The highest BCUT2D eigenvalue weighted by Crippen LogP contribution is 2.51. The second kappa shape index (κ2) is 10.4. The molecular formula is C29H23F3N2O7. The number of rotatable bonds is 8. The summed E-state index contributed by atoms with van der Waals surface area (Å²) < 4.78 is 45.1. The lowest BCUT2D eigenvalue weighted by atomic mass is 9.77. The summed E-state index contributed by atoms with van der Waals surface area (Å²) in [5, 5.41) is 22.6. The number of carbonyl (C=O) groups is 4. The zero-order valence-electron chi connectivity index (χ0n) is 21.2. The maximum Gasteiger partial charge on any atom is 0.416 e. The number of imide groups is 1. The van der Waals surface area contributed by atoms with Crippen LogP contribution in [0.25, 0.3) is 0 Å². The fourth-order valence-corrected chi connectivity index (χ4v) is 5.59. The lowest BCUT2D eigenvalue weighted by molar-refractivity contribution is -0.156. The van der Waals surface area contributed by atoms with Crippen LogP contribution in [0.2, 0.25) is 0 Å². The molecule has 0 spiro atoms. The number of fused-ring (bicyclic) bond motifs is 1. The van der Waals surface area contributed by atoms with E-state index in [0.29, 0.717) is 11.1 Å². The van der Waals surface area contributed by atoms with E-state index in [1.54, 1.807) is 30.3 Å². The Morgan fingerprint density at radius 2 is 1.56 bits per heavy atom. The Morgan fingerprint density at radius 3 is 2.20 bits per heavy atom. The SMILES string of the molecule is O=C(O)CC1(C(=O)O)NC(c2cccc(Oc3cccc(C(F)(F)F)c3)c2)C2C(=O)N(Cc3ccccc3)C(=O)C21. The summed E-state index contributed by atoms with van der Waals surface area (Å²) in [6, 6.07) is 17.6. The van der Waals surface area contributed by atoms with Crippen LogP contribution in [0.1, 0.15) is 29.2 Å². The van der Waals surface area contributed by atoms with Crippen molar-refractivity contribution in [2.45, 2.75) is 30.7 Å². The van der Waals surface area contributed by atoms with Crippen molar-refractivity contribution in [3.05, 3.63) is 95.6 Å². The van der Waals surface area contributed by atoms with Crippen molar-refractivity contribution in [2.24, 2.45) is 11.8 Å². The van der Waals surface area contributed by atoms with E-state index in [2.05, 4.69) is 5.32 Å². The molecule has 3 N–H and O–H groups in total. The average molecular weight is 569 g/mol. The zero-order valence-corrected chi connectivity index (χ0v) is 21.2. The average Bonchev–Trinajstić information content (AvgIpc) is 3.38. The third-order valence-electron chi connectivity index (χ3n) is 7.35. The van der Waals surface area contributed by atoms with Crippen LogP contribution in [-0.2, 0) is 31.9 Å². The summed E-state index contributed by atoms with van der Waals surface area (Å²) in [6.07, 6.45) is -5.56. The summed E-state index contributed by atoms with van der Waals surface area (Å²) in [6.45, 7) is -0.125. The van der Waals surface area contributed by atoms with Crippen LogP contribution in [0.5, 0.6) is 11.5 Å². The van der Waals surface area contributed by atoms with Crippen molar-refractivity contribution in [2.75, 3.05) is 0 Å². The van der Waals surface area contributed by atoms with Gasteiger partial charge < -0.3 is 14.9 Å². The number of aliphatic carboxylic acids is 2. The molecule has 4 unspecified atom stereocenters. The first kappa shape index (κ1) is 27.8. The minimum atomic E-state index is -4.59. The first-order valence-electron chi connectivity index (χ1n) is 12.5. The zero-order chi connectivity index (χ0) is 29.5. The molecule has 0 saturated carbocycles. The quantitative estimate of drug-likeness (QED) is 0.344. The van der Waals surface area contributed by atoms with Gasteiger partial charge in [0.05, 0.1) is 30.4 Å². The Bertz CT molecular complexity index is 1530. The molecular weight excluding hydrogens is 545 g/mol. The molecule has 0 radical (unpaired) electrons. The van der Waals surface area contributed by atoms with Gasteiger partial charge in [-0.3, -0.25) is 29.4 Å². The predicted octanol–water partition coefficient (Wildman–Crippen LogP) is 4.24. The Labute approximate surface area is 231 Å². The number of benzene rings is 3. The number of likely N-dealkylation sites (tertiary alicyclic amines) is 1. The maximum absolute atomic E-state index is 13.7. The number of amides is 2. The first-order chi connectivity index (χ1) is 19.4. The van der Waals surface area contributed by atoms with Gasteiger partial charge >= 0.3 is 18.1 Å². The van der Waals surface area contributed by atoms with Crippen LogP contribution in [0.3, 0.4) is 0 Å². The van der Waals surface area contributed by atoms with Crippen molar-refractivity contribution < 1.29 is 47.3 Å². The molecule has 12 heteroatoms. The van der Waals surface area contributed by atoms with Crippen LogP contribution in [0.4, 0.5) is 13.2 Å². The lowest BCUT2D eigenvalue weighted by Crippen LogP contribution is -2.56. The molecule has 5 rings (SSSR count). The minimum Gasteiger partial charge on any atom is -0.481 e. The number of carbonyl (C=O) groups excluding carboxylic acids is 2. The van der Waals surface area contributed by atoms with Crippen LogP contribution < -0.4 is 10.1 Å². The van der Waals surface area contributed by atoms with Gasteiger partial charge in [0, 0.05) is 6.04 Å². The van der Waals surface area contributed by atoms with E-state index in [-0.39, 0.29) is 18.0 Å². The molecule has 2 aliphatic heterocycles. The molecule has 212 valence electrons. The second-order valence-electron chi connectivity index (χ2n) is 9.92. The second-order valence-corrected chi connectivity index (χ2v) is 9.92. The highest BCUT2D eigenvalue weighted by molar-refractivity contribution is 6.10. The fourth-order valence-electron chi connectivity index (χ4n) is 5.59. The van der Waals surface area contributed by atoms with E-state index in [1.807, 2.05) is 0 Å². The monoisotopic (exact) mass is 568 g/mol. The van der Waals surface area contributed by atoms with E-state index >= 15 is 0 Å². The van der Waals surface area contributed by atoms with Gasteiger partial charge in [0.25, 0.3) is 0 Å². The predicted molar refractivity (Wildman–Crippen MR) is 135 cm³/mol. The number of ether oxygens (including phenoxy) is 1. The summed E-state index contributed by atoms with van der Waals surface area (Å²) in [5.41, 5.74) is -2.30. The molecule has 0 bridgehead atoms. The fraction of sp³-hybridized carbons (Fsp3) is 0.241. The van der Waals surface area contributed by atoms with Crippen molar-refractivity contribution in [3.63, 3.8) is 0 Å². The van der Waals surface area contributed by atoms with Crippen molar-refractivity contribution in [1.29, 1.82) is 0 Å². The smallest absolute Gasteiger partial charge is 0.416 e. The molecule has 0 aromatic heterocycles. The van der Waals surface area contributed by atoms with Gasteiger partial charge in [-0.2, -0.15) is 13.2 Å². The van der Waals surface area contributed by atoms with Crippen molar-refractivity contribution in [1.82, 2.24) is 10.2 Å². The molecule has 2 heterocycles. The van der Waals surface area contributed by atoms with Crippen molar-refractivity contribution in [3.8, 4) is 11.5 Å². The van der Waals surface area contributed by atoms with Crippen LogP contribution >= 0.6 is 0 Å². The van der Waals surface area contributed by atoms with Crippen LogP contribution in [0, 0.1) is 11.8 Å². The number of alkyl halides is 3. The lowest BCUT2D eigenvalue weighted by Gasteiger charge is -2.29. The Balaban J connectivity index is 1.52. The molecule has 4 atom stereocenters. The standard InChI is InChI=1S/C29H23F3N2O7/c30-29(31,32)18-9-5-11-20(13-18)41-19-10-4-8-17(12-19)24-22-23(28(33-24,27(39)40)14-21(35)36)26(38)34(25(22)37)15-16-6-2-1-3-7-16/h1-13,22-24,33H,14-15H2,(H,35,36)(H,39,40). The molecule has 2 saturated heterocycles. The number of hydrogen-bond donors (Lipinski definition) is 3. The number of hydrogen-bond acceptors (Lipinski definition) is 6. The molecule has 41 heavy (non-hydrogen) atoms. The van der Waals surface area contributed by atoms with Crippen molar-refractivity contribution >= 4 is 23.8 Å². The largest absolute Gasteiger partial charge is 0.481 e.